The number of hydrogen-bond donors (Lipinski definition) is 1. The van der Waals surface area contributed by atoms with Crippen molar-refractivity contribution in [2.24, 2.45) is 5.92 Å². The van der Waals surface area contributed by atoms with Gasteiger partial charge in [0, 0.05) is 6.54 Å². The molecule has 1 saturated heterocycles. The van der Waals surface area contributed by atoms with Crippen molar-refractivity contribution in [3.63, 3.8) is 0 Å². The van der Waals surface area contributed by atoms with Crippen LogP contribution in [-0.2, 0) is 9.53 Å². The highest BCUT2D eigenvalue weighted by molar-refractivity contribution is 5.86. The molecule has 1 saturated carbocycles. The Morgan fingerprint density at radius 1 is 0.914 bits per heavy atom. The Kier molecular flexibility index (Phi) is 7.99. The van der Waals surface area contributed by atoms with Gasteiger partial charge in [-0.15, -0.1) is 0 Å². The lowest BCUT2D eigenvalue weighted by molar-refractivity contribution is -0.136. The van der Waals surface area contributed by atoms with E-state index in [1.54, 1.807) is 0 Å². The molecule has 1 N–H and O–H groups in total. The first-order chi connectivity index (χ1) is 16.8. The molecule has 4 rings (SSSR count). The molecule has 35 heavy (non-hydrogen) atoms. The summed E-state index contributed by atoms with van der Waals surface area (Å²) < 4.78 is 11.6. The Bertz CT molecular complexity index is 995. The van der Waals surface area contributed by atoms with E-state index < -0.39 is 17.7 Å². The maximum atomic E-state index is 13.9. The van der Waals surface area contributed by atoms with Gasteiger partial charge in [-0.05, 0) is 82.2 Å². The summed E-state index contributed by atoms with van der Waals surface area (Å²) in [6, 6.07) is 17.1. The highest BCUT2D eigenvalue weighted by Crippen LogP contribution is 2.36. The van der Waals surface area contributed by atoms with Gasteiger partial charge in [0.15, 0.2) is 0 Å². The van der Waals surface area contributed by atoms with Gasteiger partial charge in [-0.25, -0.2) is 4.79 Å². The second-order valence-electron chi connectivity index (χ2n) is 10.7. The van der Waals surface area contributed by atoms with Crippen molar-refractivity contribution in [2.75, 3.05) is 6.54 Å². The first-order valence-electron chi connectivity index (χ1n) is 12.9. The summed E-state index contributed by atoms with van der Waals surface area (Å²) in [6.45, 7) is 6.20. The smallest absolute Gasteiger partial charge is 0.408 e. The predicted octanol–water partition coefficient (Wildman–Crippen LogP) is 6.62. The Balaban J connectivity index is 1.52. The lowest BCUT2D eigenvalue weighted by Crippen LogP contribution is -2.53. The number of para-hydroxylation sites is 1. The summed E-state index contributed by atoms with van der Waals surface area (Å²) >= 11 is 0. The van der Waals surface area contributed by atoms with Gasteiger partial charge in [-0.3, -0.25) is 4.79 Å². The average Bonchev–Trinajstić information content (AvgIpc) is 3.33. The minimum absolute atomic E-state index is 0.000333. The van der Waals surface area contributed by atoms with Gasteiger partial charge >= 0.3 is 6.09 Å². The summed E-state index contributed by atoms with van der Waals surface area (Å²) in [5, 5.41) is 2.96. The third-order valence-electron chi connectivity index (χ3n) is 6.82. The highest BCUT2D eigenvalue weighted by atomic mass is 16.6. The average molecular weight is 479 g/mol. The fourth-order valence-corrected chi connectivity index (χ4v) is 5.25. The van der Waals surface area contributed by atoms with Crippen molar-refractivity contribution in [1.82, 2.24) is 10.2 Å². The molecule has 0 bridgehead atoms. The molecule has 6 nitrogen and oxygen atoms in total. The van der Waals surface area contributed by atoms with E-state index in [9.17, 15) is 9.59 Å². The van der Waals surface area contributed by atoms with Crippen molar-refractivity contribution in [1.29, 1.82) is 0 Å². The van der Waals surface area contributed by atoms with Gasteiger partial charge in [0.25, 0.3) is 0 Å². The largest absolute Gasteiger partial charge is 0.457 e. The molecule has 2 atom stereocenters. The van der Waals surface area contributed by atoms with Gasteiger partial charge in [0.1, 0.15) is 23.1 Å². The van der Waals surface area contributed by atoms with Crippen molar-refractivity contribution >= 4 is 12.0 Å². The first-order valence-corrected chi connectivity index (χ1v) is 12.9. The van der Waals surface area contributed by atoms with E-state index in [4.69, 9.17) is 9.47 Å². The third-order valence-corrected chi connectivity index (χ3v) is 6.82. The van der Waals surface area contributed by atoms with Gasteiger partial charge in [0.05, 0.1) is 6.04 Å². The van der Waals surface area contributed by atoms with E-state index in [2.05, 4.69) is 11.4 Å². The molecule has 2 aliphatic rings. The Labute approximate surface area is 209 Å². The number of hydrogen-bond acceptors (Lipinski definition) is 4. The quantitative estimate of drug-likeness (QED) is 0.507. The second kappa shape index (κ2) is 11.1. The van der Waals surface area contributed by atoms with E-state index in [-0.39, 0.29) is 17.9 Å². The van der Waals surface area contributed by atoms with Crippen molar-refractivity contribution < 1.29 is 19.1 Å². The standard InChI is InChI=1S/C29H38N2O4/c1-29(2,3)35-28(33)30-26(21-12-6-4-7-13-21)27(32)31-19-11-18-25(31)22-14-10-17-24(20-22)34-23-15-8-5-9-16-23/h5,8-10,14-17,20-21,25-26H,4,6-7,11-13,18-19H2,1-3H3,(H,30,33). The molecule has 1 heterocycles. The van der Waals surface area contributed by atoms with Gasteiger partial charge in [-0.1, -0.05) is 49.6 Å². The summed E-state index contributed by atoms with van der Waals surface area (Å²) in [7, 11) is 0. The molecule has 2 amide bonds. The van der Waals surface area contributed by atoms with E-state index in [1.165, 1.54) is 6.42 Å². The van der Waals surface area contributed by atoms with Crippen molar-refractivity contribution in [2.45, 2.75) is 83.4 Å². The van der Waals surface area contributed by atoms with Crippen LogP contribution in [0.5, 0.6) is 11.5 Å². The minimum Gasteiger partial charge on any atom is -0.457 e. The molecule has 6 heteroatoms. The topological polar surface area (TPSA) is 67.9 Å². The van der Waals surface area contributed by atoms with Gasteiger partial charge in [0.2, 0.25) is 5.91 Å². The Hall–Kier alpha value is -3.02. The van der Waals surface area contributed by atoms with Crippen LogP contribution in [0, 0.1) is 5.92 Å². The fraction of sp³-hybridized carbons (Fsp3) is 0.517. The number of amides is 2. The van der Waals surface area contributed by atoms with E-state index in [1.807, 2.05) is 74.2 Å². The summed E-state index contributed by atoms with van der Waals surface area (Å²) in [6.07, 6.45) is 6.57. The highest BCUT2D eigenvalue weighted by Gasteiger charge is 2.39. The minimum atomic E-state index is -0.611. The molecule has 0 spiro atoms. The number of benzene rings is 2. The van der Waals surface area contributed by atoms with Crippen LogP contribution in [0.15, 0.2) is 54.6 Å². The SMILES string of the molecule is CC(C)(C)OC(=O)NC(C(=O)N1CCCC1c1cccc(Oc2ccccc2)c1)C1CCCCC1. The Morgan fingerprint density at radius 2 is 1.63 bits per heavy atom. The van der Waals surface area contributed by atoms with Crippen molar-refractivity contribution in [3.05, 3.63) is 60.2 Å². The number of likely N-dealkylation sites (tertiary alicyclic amines) is 1. The molecular weight excluding hydrogens is 440 g/mol. The zero-order chi connectivity index (χ0) is 24.8. The van der Waals surface area contributed by atoms with Crippen LogP contribution >= 0.6 is 0 Å². The number of rotatable bonds is 6. The third kappa shape index (κ3) is 6.77. The number of nitrogens with zero attached hydrogens (tertiary/aromatic N) is 1. The van der Waals surface area contributed by atoms with Crippen LogP contribution in [0.2, 0.25) is 0 Å². The van der Waals surface area contributed by atoms with Crippen molar-refractivity contribution in [3.8, 4) is 11.5 Å². The number of alkyl carbamates (subject to hydrolysis) is 1. The van der Waals surface area contributed by atoms with Crippen LogP contribution in [0.1, 0.15) is 77.3 Å². The molecule has 0 aromatic heterocycles. The number of carbonyl (C=O) groups is 2. The molecule has 1 aliphatic heterocycles. The number of carbonyl (C=O) groups excluding carboxylic acids is 2. The van der Waals surface area contributed by atoms with Crippen LogP contribution < -0.4 is 10.1 Å². The molecule has 188 valence electrons. The van der Waals surface area contributed by atoms with Crippen LogP contribution in [-0.4, -0.2) is 35.1 Å². The Morgan fingerprint density at radius 3 is 2.34 bits per heavy atom. The predicted molar refractivity (Wildman–Crippen MR) is 136 cm³/mol. The van der Waals surface area contributed by atoms with Gasteiger partial charge in [-0.2, -0.15) is 0 Å². The van der Waals surface area contributed by atoms with Crippen LogP contribution in [0.25, 0.3) is 0 Å². The maximum Gasteiger partial charge on any atom is 0.408 e. The molecule has 2 aromatic rings. The van der Waals surface area contributed by atoms with E-state index >= 15 is 0 Å². The summed E-state index contributed by atoms with van der Waals surface area (Å²) in [5.41, 5.74) is 0.448. The monoisotopic (exact) mass is 478 g/mol. The maximum absolute atomic E-state index is 13.9. The zero-order valence-electron chi connectivity index (χ0n) is 21.2. The molecule has 1 aliphatic carbocycles. The molecule has 2 unspecified atom stereocenters. The number of nitrogens with one attached hydrogen (secondary N) is 1. The summed E-state index contributed by atoms with van der Waals surface area (Å²) in [5.74, 6) is 1.67. The van der Waals surface area contributed by atoms with Gasteiger partial charge < -0.3 is 19.7 Å². The molecule has 0 radical (unpaired) electrons. The van der Waals surface area contributed by atoms with E-state index in [0.717, 1.165) is 55.6 Å². The molecule has 2 fully saturated rings. The zero-order valence-corrected chi connectivity index (χ0v) is 21.2. The van der Waals surface area contributed by atoms with E-state index in [0.29, 0.717) is 6.54 Å². The van der Waals surface area contributed by atoms with Crippen LogP contribution in [0.3, 0.4) is 0 Å². The lowest BCUT2D eigenvalue weighted by Gasteiger charge is -2.35. The normalized spacial score (nSPS) is 19.7. The second-order valence-corrected chi connectivity index (χ2v) is 10.7. The molecule has 2 aromatic carbocycles. The molecular formula is C29H38N2O4. The summed E-state index contributed by atoms with van der Waals surface area (Å²) in [4.78, 5) is 28.6. The van der Waals surface area contributed by atoms with Crippen LogP contribution in [0.4, 0.5) is 4.79 Å². The fourth-order valence-electron chi connectivity index (χ4n) is 5.25. The lowest BCUT2D eigenvalue weighted by atomic mass is 9.83. The first kappa shape index (κ1) is 25.1. The number of ether oxygens (including phenoxy) is 2.